The first-order valence-electron chi connectivity index (χ1n) is 8.92. The second kappa shape index (κ2) is 8.11. The number of nitro benzene ring substituents is 1. The highest BCUT2D eigenvalue weighted by Crippen LogP contribution is 2.34. The van der Waals surface area contributed by atoms with Crippen LogP contribution in [0.3, 0.4) is 0 Å². The fraction of sp³-hybridized carbons (Fsp3) is 0.333. The molecule has 1 fully saturated rings. The molecular weight excluding hydrogens is 425 g/mol. The SMILES string of the molecule is CNS(=O)(=O)c1ccc(N2CCN(c3cccc(C(F)(F)F)c3)CC2)c([N+](=O)[O-])c1. The number of rotatable bonds is 5. The number of benzene rings is 2. The molecule has 8 nitrogen and oxygen atoms in total. The Labute approximate surface area is 171 Å². The predicted octanol–water partition coefficient (Wildman–Crippen LogP) is 2.85. The summed E-state index contributed by atoms with van der Waals surface area (Å²) >= 11 is 0. The van der Waals surface area contributed by atoms with Gasteiger partial charge in [0.15, 0.2) is 0 Å². The zero-order valence-electron chi connectivity index (χ0n) is 15.9. The molecule has 0 saturated carbocycles. The van der Waals surface area contributed by atoms with E-state index in [9.17, 15) is 31.7 Å². The van der Waals surface area contributed by atoms with Gasteiger partial charge in [-0.05, 0) is 37.4 Å². The van der Waals surface area contributed by atoms with E-state index in [1.54, 1.807) is 15.9 Å². The monoisotopic (exact) mass is 444 g/mol. The van der Waals surface area contributed by atoms with E-state index < -0.39 is 26.7 Å². The molecule has 0 amide bonds. The van der Waals surface area contributed by atoms with Crippen molar-refractivity contribution in [1.29, 1.82) is 0 Å². The summed E-state index contributed by atoms with van der Waals surface area (Å²) in [5.74, 6) is 0. The Morgan fingerprint density at radius 2 is 1.67 bits per heavy atom. The van der Waals surface area contributed by atoms with Crippen LogP contribution in [0.5, 0.6) is 0 Å². The van der Waals surface area contributed by atoms with Crippen LogP contribution in [0.2, 0.25) is 0 Å². The molecule has 1 aliphatic heterocycles. The molecule has 0 unspecified atom stereocenters. The third-order valence-electron chi connectivity index (χ3n) is 4.88. The van der Waals surface area contributed by atoms with Crippen LogP contribution in [0.1, 0.15) is 5.56 Å². The van der Waals surface area contributed by atoms with Gasteiger partial charge in [-0.2, -0.15) is 13.2 Å². The summed E-state index contributed by atoms with van der Waals surface area (Å²) in [6.07, 6.45) is -4.44. The molecule has 0 bridgehead atoms. The Hall–Kier alpha value is -2.86. The topological polar surface area (TPSA) is 95.8 Å². The number of nitrogens with zero attached hydrogens (tertiary/aromatic N) is 3. The third kappa shape index (κ3) is 4.49. The van der Waals surface area contributed by atoms with Gasteiger partial charge in [-0.1, -0.05) is 6.07 Å². The minimum Gasteiger partial charge on any atom is -0.368 e. The second-order valence-corrected chi connectivity index (χ2v) is 8.52. The molecule has 0 spiro atoms. The van der Waals surface area contributed by atoms with Gasteiger partial charge in [0, 0.05) is 37.9 Å². The highest BCUT2D eigenvalue weighted by atomic mass is 32.2. The molecular formula is C18H19F3N4O4S. The number of piperazine rings is 1. The molecule has 1 N–H and O–H groups in total. The van der Waals surface area contributed by atoms with Crippen LogP contribution < -0.4 is 14.5 Å². The van der Waals surface area contributed by atoms with Crippen molar-refractivity contribution in [1.82, 2.24) is 4.72 Å². The summed E-state index contributed by atoms with van der Waals surface area (Å²) in [6, 6.07) is 8.68. The van der Waals surface area contributed by atoms with Crippen LogP contribution in [0, 0.1) is 10.1 Å². The maximum absolute atomic E-state index is 12.9. The van der Waals surface area contributed by atoms with E-state index in [0.29, 0.717) is 31.9 Å². The van der Waals surface area contributed by atoms with E-state index in [1.807, 2.05) is 0 Å². The second-order valence-electron chi connectivity index (χ2n) is 6.64. The summed E-state index contributed by atoms with van der Waals surface area (Å²) in [5, 5.41) is 11.5. The molecule has 12 heteroatoms. The van der Waals surface area contributed by atoms with E-state index in [-0.39, 0.29) is 16.3 Å². The van der Waals surface area contributed by atoms with Crippen LogP contribution in [0.4, 0.5) is 30.2 Å². The average molecular weight is 444 g/mol. The number of nitro groups is 1. The number of hydrogen-bond acceptors (Lipinski definition) is 6. The number of alkyl halides is 3. The Kier molecular flexibility index (Phi) is 5.90. The Bertz CT molecular complexity index is 1050. The summed E-state index contributed by atoms with van der Waals surface area (Å²) in [5.41, 5.74) is -0.397. The molecule has 0 aromatic heterocycles. The molecule has 2 aromatic carbocycles. The van der Waals surface area contributed by atoms with Crippen LogP contribution in [0.25, 0.3) is 0 Å². The van der Waals surface area contributed by atoms with Crippen molar-refractivity contribution in [3.05, 3.63) is 58.1 Å². The molecule has 2 aromatic rings. The number of halogens is 3. The molecule has 1 saturated heterocycles. The molecule has 1 heterocycles. The van der Waals surface area contributed by atoms with E-state index in [2.05, 4.69) is 4.72 Å². The summed E-state index contributed by atoms with van der Waals surface area (Å²) in [7, 11) is -2.63. The van der Waals surface area contributed by atoms with Gasteiger partial charge in [-0.15, -0.1) is 0 Å². The highest BCUT2D eigenvalue weighted by Gasteiger charge is 2.31. The van der Waals surface area contributed by atoms with Crippen molar-refractivity contribution in [2.75, 3.05) is 43.0 Å². The van der Waals surface area contributed by atoms with Crippen molar-refractivity contribution >= 4 is 27.1 Å². The molecule has 3 rings (SSSR count). The van der Waals surface area contributed by atoms with Crippen LogP contribution in [-0.2, 0) is 16.2 Å². The van der Waals surface area contributed by atoms with Gasteiger partial charge in [0.05, 0.1) is 15.4 Å². The maximum atomic E-state index is 12.9. The fourth-order valence-corrected chi connectivity index (χ4v) is 4.04. The molecule has 162 valence electrons. The van der Waals surface area contributed by atoms with E-state index >= 15 is 0 Å². The highest BCUT2D eigenvalue weighted by molar-refractivity contribution is 7.89. The number of hydrogen-bond donors (Lipinski definition) is 1. The predicted molar refractivity (Wildman–Crippen MR) is 105 cm³/mol. The Balaban J connectivity index is 1.81. The van der Waals surface area contributed by atoms with Gasteiger partial charge in [0.25, 0.3) is 5.69 Å². The van der Waals surface area contributed by atoms with E-state index in [1.165, 1.54) is 25.2 Å². The Morgan fingerprint density at radius 3 is 2.23 bits per heavy atom. The minimum atomic E-state index is -4.44. The lowest BCUT2D eigenvalue weighted by molar-refractivity contribution is -0.384. The van der Waals surface area contributed by atoms with Gasteiger partial charge in [0.2, 0.25) is 10.0 Å². The van der Waals surface area contributed by atoms with Gasteiger partial charge in [-0.3, -0.25) is 10.1 Å². The average Bonchev–Trinajstić information content (AvgIpc) is 2.73. The molecule has 0 atom stereocenters. The van der Waals surface area contributed by atoms with E-state index in [4.69, 9.17) is 0 Å². The smallest absolute Gasteiger partial charge is 0.368 e. The number of anilines is 2. The quantitative estimate of drug-likeness (QED) is 0.563. The van der Waals surface area contributed by atoms with E-state index in [0.717, 1.165) is 18.2 Å². The first-order chi connectivity index (χ1) is 14.0. The summed E-state index contributed by atoms with van der Waals surface area (Å²) in [4.78, 5) is 14.1. The number of nitrogens with one attached hydrogen (secondary N) is 1. The van der Waals surface area contributed by atoms with Crippen LogP contribution in [0.15, 0.2) is 47.4 Å². The normalized spacial score (nSPS) is 15.3. The zero-order chi connectivity index (χ0) is 22.1. The van der Waals surface area contributed by atoms with Crippen molar-refractivity contribution in [2.24, 2.45) is 0 Å². The lowest BCUT2D eigenvalue weighted by Gasteiger charge is -2.37. The molecule has 0 aliphatic carbocycles. The summed E-state index contributed by atoms with van der Waals surface area (Å²) in [6.45, 7) is 1.37. The maximum Gasteiger partial charge on any atom is 0.416 e. The van der Waals surface area contributed by atoms with Crippen LogP contribution in [-0.4, -0.2) is 46.6 Å². The summed E-state index contributed by atoms with van der Waals surface area (Å²) < 4.78 is 64.8. The van der Waals surface area contributed by atoms with Crippen molar-refractivity contribution in [3.63, 3.8) is 0 Å². The zero-order valence-corrected chi connectivity index (χ0v) is 16.7. The number of sulfonamides is 1. The van der Waals surface area contributed by atoms with Gasteiger partial charge < -0.3 is 9.80 Å². The van der Waals surface area contributed by atoms with Crippen LogP contribution >= 0.6 is 0 Å². The largest absolute Gasteiger partial charge is 0.416 e. The van der Waals surface area contributed by atoms with Crippen molar-refractivity contribution < 1.29 is 26.5 Å². The molecule has 30 heavy (non-hydrogen) atoms. The Morgan fingerprint density at radius 1 is 1.03 bits per heavy atom. The lowest BCUT2D eigenvalue weighted by atomic mass is 10.1. The van der Waals surface area contributed by atoms with Crippen molar-refractivity contribution in [3.8, 4) is 0 Å². The van der Waals surface area contributed by atoms with Crippen molar-refractivity contribution in [2.45, 2.75) is 11.1 Å². The van der Waals surface area contributed by atoms with Gasteiger partial charge in [-0.25, -0.2) is 13.1 Å². The molecule has 0 radical (unpaired) electrons. The first kappa shape index (κ1) is 21.8. The van der Waals surface area contributed by atoms with Gasteiger partial charge in [0.1, 0.15) is 5.69 Å². The lowest BCUT2D eigenvalue weighted by Crippen LogP contribution is -2.46. The molecule has 1 aliphatic rings. The first-order valence-corrected chi connectivity index (χ1v) is 10.4. The third-order valence-corrected chi connectivity index (χ3v) is 6.29. The minimum absolute atomic E-state index is 0.219. The standard InChI is InChI=1S/C18H19F3N4O4S/c1-22-30(28,29)15-5-6-16(17(12-15)25(26)27)24-9-7-23(8-10-24)14-4-2-3-13(11-14)18(19,20)21/h2-6,11-12,22H,7-10H2,1H3. The van der Waals surface area contributed by atoms with Gasteiger partial charge >= 0.3 is 6.18 Å². The fourth-order valence-electron chi connectivity index (χ4n) is 3.29.